The van der Waals surface area contributed by atoms with Crippen LogP contribution in [0.3, 0.4) is 0 Å². The second-order valence-corrected chi connectivity index (χ2v) is 4.62. The molecule has 7 nitrogen and oxygen atoms in total. The van der Waals surface area contributed by atoms with Gasteiger partial charge in [-0.1, -0.05) is 0 Å². The summed E-state index contributed by atoms with van der Waals surface area (Å²) >= 11 is 0. The molecule has 0 aliphatic rings. The van der Waals surface area contributed by atoms with E-state index in [-0.39, 0.29) is 11.3 Å². The molecule has 0 aliphatic heterocycles. The van der Waals surface area contributed by atoms with Crippen LogP contribution in [-0.2, 0) is 4.79 Å². The molecule has 120 valence electrons. The first-order valence-corrected chi connectivity index (χ1v) is 6.67. The number of nitrogens with one attached hydrogen (secondary N) is 3. The van der Waals surface area contributed by atoms with Gasteiger partial charge in [0.1, 0.15) is 11.9 Å². The smallest absolute Gasteiger partial charge is 0.287 e. The maximum atomic E-state index is 12.8. The minimum Gasteiger partial charge on any atom is -0.459 e. The molecular formula is C15H14FN3O4. The second-order valence-electron chi connectivity index (χ2n) is 4.62. The number of hydrogen-bond acceptors (Lipinski definition) is 4. The monoisotopic (exact) mass is 319 g/mol. The van der Waals surface area contributed by atoms with Crippen molar-refractivity contribution in [2.75, 3.05) is 0 Å². The van der Waals surface area contributed by atoms with Crippen LogP contribution in [0.25, 0.3) is 0 Å². The van der Waals surface area contributed by atoms with E-state index < -0.39 is 29.6 Å². The molecule has 2 rings (SSSR count). The van der Waals surface area contributed by atoms with Gasteiger partial charge in [-0.2, -0.15) is 0 Å². The zero-order valence-electron chi connectivity index (χ0n) is 12.1. The van der Waals surface area contributed by atoms with E-state index in [1.165, 1.54) is 31.4 Å². The molecule has 8 heteroatoms. The van der Waals surface area contributed by atoms with Crippen molar-refractivity contribution in [3.05, 3.63) is 59.8 Å². The largest absolute Gasteiger partial charge is 0.459 e. The van der Waals surface area contributed by atoms with Gasteiger partial charge in [-0.05, 0) is 43.3 Å². The molecule has 1 atom stereocenters. The van der Waals surface area contributed by atoms with E-state index in [0.717, 1.165) is 12.1 Å². The summed E-state index contributed by atoms with van der Waals surface area (Å²) in [5, 5.41) is 2.41. The number of amides is 3. The molecule has 3 N–H and O–H groups in total. The summed E-state index contributed by atoms with van der Waals surface area (Å²) in [6, 6.07) is 6.91. The first-order valence-electron chi connectivity index (χ1n) is 6.67. The van der Waals surface area contributed by atoms with Crippen molar-refractivity contribution in [2.45, 2.75) is 13.0 Å². The van der Waals surface area contributed by atoms with Crippen molar-refractivity contribution in [1.29, 1.82) is 0 Å². The highest BCUT2D eigenvalue weighted by molar-refractivity contribution is 5.97. The van der Waals surface area contributed by atoms with Crippen LogP contribution in [0, 0.1) is 5.82 Å². The zero-order chi connectivity index (χ0) is 16.8. The molecule has 0 unspecified atom stereocenters. The van der Waals surface area contributed by atoms with Gasteiger partial charge in [0.2, 0.25) is 0 Å². The summed E-state index contributed by atoms with van der Waals surface area (Å²) in [5.41, 5.74) is 4.52. The van der Waals surface area contributed by atoms with E-state index in [1.54, 1.807) is 6.07 Å². The number of hydrogen-bond donors (Lipinski definition) is 3. The highest BCUT2D eigenvalue weighted by Gasteiger charge is 2.18. The van der Waals surface area contributed by atoms with E-state index in [1.807, 2.05) is 0 Å². The fourth-order valence-corrected chi connectivity index (χ4v) is 1.64. The summed E-state index contributed by atoms with van der Waals surface area (Å²) in [6.07, 6.45) is 1.34. The Kier molecular flexibility index (Phi) is 5.08. The van der Waals surface area contributed by atoms with Crippen molar-refractivity contribution >= 4 is 17.7 Å². The maximum absolute atomic E-state index is 12.8. The number of carbonyl (C=O) groups is 3. The molecule has 0 aliphatic carbocycles. The minimum atomic E-state index is -0.902. The number of rotatable bonds is 4. The standard InChI is InChI=1S/C15H14FN3O4/c1-9(17-15(22)12-3-2-8-23-12)13(20)18-19-14(21)10-4-6-11(16)7-5-10/h2-9H,1H3,(H,17,22)(H,18,20)(H,19,21)/t9-/m0/s1. The molecule has 0 fully saturated rings. The molecule has 0 spiro atoms. The summed E-state index contributed by atoms with van der Waals surface area (Å²) in [7, 11) is 0. The molecule has 1 aromatic carbocycles. The molecule has 3 amide bonds. The molecule has 0 radical (unpaired) electrons. The molecule has 1 heterocycles. The van der Waals surface area contributed by atoms with Gasteiger partial charge >= 0.3 is 0 Å². The molecule has 0 saturated carbocycles. The van der Waals surface area contributed by atoms with Gasteiger partial charge in [0.05, 0.1) is 6.26 Å². The summed E-state index contributed by atoms with van der Waals surface area (Å²) in [4.78, 5) is 35.3. The highest BCUT2D eigenvalue weighted by atomic mass is 19.1. The lowest BCUT2D eigenvalue weighted by Crippen LogP contribution is -2.51. The molecule has 2 aromatic rings. The van der Waals surface area contributed by atoms with Crippen LogP contribution in [0.1, 0.15) is 27.8 Å². The first-order chi connectivity index (χ1) is 11.0. The average Bonchev–Trinajstić information content (AvgIpc) is 3.07. The summed E-state index contributed by atoms with van der Waals surface area (Å²) in [5.74, 6) is -2.19. The van der Waals surface area contributed by atoms with Crippen molar-refractivity contribution in [1.82, 2.24) is 16.2 Å². The maximum Gasteiger partial charge on any atom is 0.287 e. The summed E-state index contributed by atoms with van der Waals surface area (Å²) in [6.45, 7) is 1.44. The predicted molar refractivity (Wildman–Crippen MR) is 77.6 cm³/mol. The third-order valence-electron chi connectivity index (χ3n) is 2.89. The Hall–Kier alpha value is -3.16. The Balaban J connectivity index is 1.83. The lowest BCUT2D eigenvalue weighted by Gasteiger charge is -2.14. The zero-order valence-corrected chi connectivity index (χ0v) is 12.1. The van der Waals surface area contributed by atoms with Gasteiger partial charge in [0, 0.05) is 5.56 Å². The topological polar surface area (TPSA) is 100 Å². The Morgan fingerprint density at radius 2 is 1.74 bits per heavy atom. The number of carbonyl (C=O) groups excluding carboxylic acids is 3. The van der Waals surface area contributed by atoms with E-state index in [9.17, 15) is 18.8 Å². The van der Waals surface area contributed by atoms with Gasteiger partial charge < -0.3 is 9.73 Å². The molecule has 0 bridgehead atoms. The van der Waals surface area contributed by atoms with Gasteiger partial charge in [0.15, 0.2) is 5.76 Å². The molecule has 1 aromatic heterocycles. The van der Waals surface area contributed by atoms with E-state index in [4.69, 9.17) is 4.42 Å². The molecular weight excluding hydrogens is 305 g/mol. The Bertz CT molecular complexity index is 698. The van der Waals surface area contributed by atoms with Crippen LogP contribution >= 0.6 is 0 Å². The normalized spacial score (nSPS) is 11.4. The number of benzene rings is 1. The van der Waals surface area contributed by atoms with Crippen molar-refractivity contribution in [2.24, 2.45) is 0 Å². The van der Waals surface area contributed by atoms with Crippen molar-refractivity contribution < 1.29 is 23.2 Å². The van der Waals surface area contributed by atoms with E-state index in [2.05, 4.69) is 16.2 Å². The quantitative estimate of drug-likeness (QED) is 0.732. The fourth-order valence-electron chi connectivity index (χ4n) is 1.64. The van der Waals surface area contributed by atoms with E-state index >= 15 is 0 Å². The van der Waals surface area contributed by atoms with Gasteiger partial charge in [-0.25, -0.2) is 4.39 Å². The lowest BCUT2D eigenvalue weighted by atomic mass is 10.2. The van der Waals surface area contributed by atoms with Crippen molar-refractivity contribution in [3.8, 4) is 0 Å². The number of halogens is 1. The Labute approximate surface area is 130 Å². The highest BCUT2D eigenvalue weighted by Crippen LogP contribution is 2.02. The third-order valence-corrected chi connectivity index (χ3v) is 2.89. The predicted octanol–water partition coefficient (Wildman–Crippen LogP) is 0.998. The Morgan fingerprint density at radius 1 is 1.04 bits per heavy atom. The number of hydrazine groups is 1. The van der Waals surface area contributed by atoms with Gasteiger partial charge in [0.25, 0.3) is 17.7 Å². The van der Waals surface area contributed by atoms with Crippen LogP contribution in [0.2, 0.25) is 0 Å². The average molecular weight is 319 g/mol. The van der Waals surface area contributed by atoms with Crippen molar-refractivity contribution in [3.63, 3.8) is 0 Å². The van der Waals surface area contributed by atoms with E-state index in [0.29, 0.717) is 0 Å². The SMILES string of the molecule is C[C@H](NC(=O)c1ccco1)C(=O)NNC(=O)c1ccc(F)cc1. The minimum absolute atomic E-state index is 0.0694. The van der Waals surface area contributed by atoms with Crippen LogP contribution in [0.15, 0.2) is 47.1 Å². The third kappa shape index (κ3) is 4.40. The molecule has 23 heavy (non-hydrogen) atoms. The molecule has 0 saturated heterocycles. The van der Waals surface area contributed by atoms with Gasteiger partial charge in [-0.3, -0.25) is 25.2 Å². The van der Waals surface area contributed by atoms with Crippen LogP contribution in [0.5, 0.6) is 0 Å². The summed E-state index contributed by atoms with van der Waals surface area (Å²) < 4.78 is 17.7. The first kappa shape index (κ1) is 16.2. The Morgan fingerprint density at radius 3 is 2.35 bits per heavy atom. The second kappa shape index (κ2) is 7.21. The van der Waals surface area contributed by atoms with Gasteiger partial charge in [-0.15, -0.1) is 0 Å². The van der Waals surface area contributed by atoms with Crippen LogP contribution < -0.4 is 16.2 Å². The fraction of sp³-hybridized carbons (Fsp3) is 0.133. The lowest BCUT2D eigenvalue weighted by molar-refractivity contribution is -0.123. The number of furan rings is 1. The van der Waals surface area contributed by atoms with Crippen LogP contribution in [0.4, 0.5) is 4.39 Å². The van der Waals surface area contributed by atoms with Crippen LogP contribution in [-0.4, -0.2) is 23.8 Å².